The quantitative estimate of drug-likeness (QED) is 0.800. The first-order valence-corrected chi connectivity index (χ1v) is 6.04. The molecular formula is C12H14N6O. The van der Waals surface area contributed by atoms with Crippen molar-refractivity contribution in [1.82, 2.24) is 19.7 Å². The average molecular weight is 258 g/mol. The molecule has 0 aromatic carbocycles. The molecule has 2 aromatic heterocycles. The van der Waals surface area contributed by atoms with Crippen LogP contribution in [0.3, 0.4) is 0 Å². The number of rotatable bonds is 2. The normalized spacial score (nSPS) is 25.4. The third-order valence-corrected chi connectivity index (χ3v) is 3.43. The van der Waals surface area contributed by atoms with Gasteiger partial charge in [-0.25, -0.2) is 4.68 Å². The first-order valence-electron chi connectivity index (χ1n) is 6.04. The van der Waals surface area contributed by atoms with Gasteiger partial charge in [0, 0.05) is 18.4 Å². The van der Waals surface area contributed by atoms with Crippen molar-refractivity contribution in [3.8, 4) is 0 Å². The molecule has 98 valence electrons. The Kier molecular flexibility index (Phi) is 2.66. The number of nitrogens with two attached hydrogens (primary N) is 1. The summed E-state index contributed by atoms with van der Waals surface area (Å²) in [7, 11) is 0. The Morgan fingerprint density at radius 1 is 1.53 bits per heavy atom. The molecule has 1 aliphatic heterocycles. The Labute approximate surface area is 109 Å². The van der Waals surface area contributed by atoms with E-state index in [2.05, 4.69) is 20.4 Å². The lowest BCUT2D eigenvalue weighted by Gasteiger charge is -2.35. The lowest BCUT2D eigenvalue weighted by molar-refractivity contribution is -0.123. The van der Waals surface area contributed by atoms with E-state index in [-0.39, 0.29) is 18.0 Å². The molecule has 0 radical (unpaired) electrons. The van der Waals surface area contributed by atoms with Gasteiger partial charge in [0.25, 0.3) is 0 Å². The van der Waals surface area contributed by atoms with E-state index < -0.39 is 5.92 Å². The second-order valence-corrected chi connectivity index (χ2v) is 4.62. The fourth-order valence-electron chi connectivity index (χ4n) is 2.58. The lowest BCUT2D eigenvalue weighted by Crippen LogP contribution is -2.47. The molecule has 0 bridgehead atoms. The van der Waals surface area contributed by atoms with E-state index in [1.165, 1.54) is 6.33 Å². The number of anilines is 1. The Hall–Kier alpha value is -2.44. The van der Waals surface area contributed by atoms with E-state index in [1.54, 1.807) is 17.1 Å². The summed E-state index contributed by atoms with van der Waals surface area (Å²) in [4.78, 5) is 20.0. The number of aromatic nitrogens is 4. The molecule has 3 heterocycles. The third kappa shape index (κ3) is 1.83. The summed E-state index contributed by atoms with van der Waals surface area (Å²) in [6.45, 7) is 1.91. The van der Waals surface area contributed by atoms with Gasteiger partial charge in [-0.15, -0.1) is 0 Å². The van der Waals surface area contributed by atoms with Crippen LogP contribution in [0.4, 0.5) is 5.95 Å². The van der Waals surface area contributed by atoms with Crippen LogP contribution in [0.2, 0.25) is 0 Å². The van der Waals surface area contributed by atoms with Gasteiger partial charge >= 0.3 is 0 Å². The average Bonchev–Trinajstić information content (AvgIpc) is 2.85. The van der Waals surface area contributed by atoms with E-state index in [0.29, 0.717) is 5.95 Å². The maximum atomic E-state index is 11.8. The van der Waals surface area contributed by atoms with Crippen molar-refractivity contribution < 1.29 is 4.79 Å². The second-order valence-electron chi connectivity index (χ2n) is 4.62. The van der Waals surface area contributed by atoms with E-state index in [0.717, 1.165) is 5.56 Å². The van der Waals surface area contributed by atoms with Gasteiger partial charge in [-0.05, 0) is 18.6 Å². The summed E-state index contributed by atoms with van der Waals surface area (Å²) in [5.41, 5.74) is 6.45. The number of amides is 1. The van der Waals surface area contributed by atoms with Crippen LogP contribution >= 0.6 is 0 Å². The molecule has 0 fully saturated rings. The summed E-state index contributed by atoms with van der Waals surface area (Å²) in [5.74, 6) is -0.132. The molecule has 0 saturated heterocycles. The van der Waals surface area contributed by atoms with Gasteiger partial charge in [0.2, 0.25) is 11.9 Å². The van der Waals surface area contributed by atoms with Gasteiger partial charge in [-0.2, -0.15) is 10.1 Å². The molecule has 3 atom stereocenters. The molecule has 0 spiro atoms. The molecule has 0 saturated carbocycles. The molecule has 1 amide bonds. The summed E-state index contributed by atoms with van der Waals surface area (Å²) in [6.07, 6.45) is 4.88. The first kappa shape index (κ1) is 11.6. The zero-order chi connectivity index (χ0) is 13.4. The van der Waals surface area contributed by atoms with Crippen LogP contribution in [0.1, 0.15) is 18.5 Å². The van der Waals surface area contributed by atoms with Gasteiger partial charge in [0.05, 0.1) is 12.0 Å². The summed E-state index contributed by atoms with van der Waals surface area (Å²) in [5, 5.41) is 7.33. The number of fused-ring (bicyclic) bond motifs is 1. The van der Waals surface area contributed by atoms with E-state index in [4.69, 9.17) is 5.73 Å². The van der Waals surface area contributed by atoms with Crippen molar-refractivity contribution >= 4 is 11.9 Å². The van der Waals surface area contributed by atoms with Crippen LogP contribution in [0.25, 0.3) is 0 Å². The number of nitrogens with one attached hydrogen (secondary N) is 1. The highest BCUT2D eigenvalue weighted by molar-refractivity contribution is 5.79. The SMILES string of the molecule is C[C@@H]1Nc2ncnn2[C@@H](c2cccnc2)[C@H]1C(N)=O. The van der Waals surface area contributed by atoms with E-state index in [1.807, 2.05) is 19.1 Å². The monoisotopic (exact) mass is 258 g/mol. The maximum Gasteiger partial charge on any atom is 0.225 e. The highest BCUT2D eigenvalue weighted by Crippen LogP contribution is 2.34. The fourth-order valence-corrected chi connectivity index (χ4v) is 2.58. The van der Waals surface area contributed by atoms with Crippen LogP contribution in [-0.2, 0) is 4.79 Å². The zero-order valence-corrected chi connectivity index (χ0v) is 10.4. The third-order valence-electron chi connectivity index (χ3n) is 3.43. The second kappa shape index (κ2) is 4.34. The Morgan fingerprint density at radius 2 is 2.37 bits per heavy atom. The molecule has 1 aliphatic rings. The number of nitrogens with zero attached hydrogens (tertiary/aromatic N) is 4. The lowest BCUT2D eigenvalue weighted by atomic mass is 9.86. The van der Waals surface area contributed by atoms with Crippen molar-refractivity contribution in [2.75, 3.05) is 5.32 Å². The van der Waals surface area contributed by atoms with Crippen LogP contribution in [0, 0.1) is 5.92 Å². The summed E-state index contributed by atoms with van der Waals surface area (Å²) >= 11 is 0. The molecule has 7 heteroatoms. The van der Waals surface area contributed by atoms with E-state index in [9.17, 15) is 4.79 Å². The molecular weight excluding hydrogens is 244 g/mol. The smallest absolute Gasteiger partial charge is 0.225 e. The first-order chi connectivity index (χ1) is 9.18. The minimum absolute atomic E-state index is 0.112. The molecule has 0 aliphatic carbocycles. The number of carbonyl (C=O) groups is 1. The highest BCUT2D eigenvalue weighted by atomic mass is 16.1. The predicted octanol–water partition coefficient (Wildman–Crippen LogP) is 0.178. The van der Waals surface area contributed by atoms with Crippen molar-refractivity contribution in [1.29, 1.82) is 0 Å². The Bertz CT molecular complexity index is 595. The molecule has 19 heavy (non-hydrogen) atoms. The largest absolute Gasteiger partial charge is 0.369 e. The van der Waals surface area contributed by atoms with Crippen molar-refractivity contribution in [2.45, 2.75) is 19.0 Å². The number of hydrogen-bond acceptors (Lipinski definition) is 5. The molecule has 3 N–H and O–H groups in total. The van der Waals surface area contributed by atoms with Crippen LogP contribution in [0.5, 0.6) is 0 Å². The van der Waals surface area contributed by atoms with Crippen molar-refractivity contribution in [2.24, 2.45) is 11.7 Å². The molecule has 0 unspecified atom stereocenters. The molecule has 2 aromatic rings. The molecule has 7 nitrogen and oxygen atoms in total. The van der Waals surface area contributed by atoms with Crippen LogP contribution in [0.15, 0.2) is 30.9 Å². The zero-order valence-electron chi connectivity index (χ0n) is 10.4. The van der Waals surface area contributed by atoms with Gasteiger partial charge in [0.1, 0.15) is 6.33 Å². The van der Waals surface area contributed by atoms with Crippen LogP contribution in [-0.4, -0.2) is 31.7 Å². The number of primary amides is 1. The minimum Gasteiger partial charge on any atom is -0.369 e. The summed E-state index contributed by atoms with van der Waals surface area (Å²) < 4.78 is 1.69. The fraction of sp³-hybridized carbons (Fsp3) is 0.333. The summed E-state index contributed by atoms with van der Waals surface area (Å²) in [6, 6.07) is 3.35. The number of pyridine rings is 1. The van der Waals surface area contributed by atoms with Crippen LogP contribution < -0.4 is 11.1 Å². The minimum atomic E-state index is -0.404. The number of hydrogen-bond donors (Lipinski definition) is 2. The Morgan fingerprint density at radius 3 is 3.05 bits per heavy atom. The predicted molar refractivity (Wildman–Crippen MR) is 68.2 cm³/mol. The Balaban J connectivity index is 2.14. The van der Waals surface area contributed by atoms with Gasteiger partial charge in [-0.3, -0.25) is 9.78 Å². The van der Waals surface area contributed by atoms with Gasteiger partial charge in [0.15, 0.2) is 0 Å². The van der Waals surface area contributed by atoms with Gasteiger partial charge in [-0.1, -0.05) is 6.07 Å². The topological polar surface area (TPSA) is 98.7 Å². The van der Waals surface area contributed by atoms with Crippen molar-refractivity contribution in [3.63, 3.8) is 0 Å². The standard InChI is InChI=1S/C12H14N6O/c1-7-9(11(13)19)10(8-3-2-4-14-5-8)18-12(17-7)15-6-16-18/h2-7,9-10H,1H3,(H2,13,19)(H,15,16,17)/t7-,9-,10-/m0/s1. The van der Waals surface area contributed by atoms with E-state index >= 15 is 0 Å². The number of carbonyl (C=O) groups excluding carboxylic acids is 1. The van der Waals surface area contributed by atoms with Gasteiger partial charge < -0.3 is 11.1 Å². The maximum absolute atomic E-state index is 11.8. The highest BCUT2D eigenvalue weighted by Gasteiger charge is 2.40. The molecule has 3 rings (SSSR count). The van der Waals surface area contributed by atoms with Crippen molar-refractivity contribution in [3.05, 3.63) is 36.4 Å².